The van der Waals surface area contributed by atoms with Gasteiger partial charge in [-0.1, -0.05) is 11.6 Å². The zero-order valence-electron chi connectivity index (χ0n) is 10.4. The van der Waals surface area contributed by atoms with Crippen LogP contribution < -0.4 is 10.1 Å². The standard InChI is InChI=1S/C13H17N3O/c1-9-4-5-12(17-3)10(6-9)11-7-15-13(16-11)8-14-2/h4-7,14H,8H2,1-3H3,(H,15,16). The van der Waals surface area contributed by atoms with Crippen LogP contribution >= 0.6 is 0 Å². The molecule has 0 saturated heterocycles. The molecule has 4 nitrogen and oxygen atoms in total. The van der Waals surface area contributed by atoms with Gasteiger partial charge in [-0.05, 0) is 26.1 Å². The Bertz CT molecular complexity index is 505. The predicted octanol–water partition coefficient (Wildman–Crippen LogP) is 2.11. The summed E-state index contributed by atoms with van der Waals surface area (Å²) < 4.78 is 5.36. The Morgan fingerprint density at radius 1 is 1.41 bits per heavy atom. The second kappa shape index (κ2) is 5.01. The van der Waals surface area contributed by atoms with Crippen molar-refractivity contribution in [3.05, 3.63) is 35.8 Å². The quantitative estimate of drug-likeness (QED) is 0.847. The van der Waals surface area contributed by atoms with Crippen LogP contribution in [0.3, 0.4) is 0 Å². The van der Waals surface area contributed by atoms with Crippen LogP contribution in [0.4, 0.5) is 0 Å². The molecule has 0 aliphatic rings. The number of H-pyrrole nitrogens is 1. The summed E-state index contributed by atoms with van der Waals surface area (Å²) in [4.78, 5) is 7.59. The summed E-state index contributed by atoms with van der Waals surface area (Å²) in [6.07, 6.45) is 1.84. The van der Waals surface area contributed by atoms with Gasteiger partial charge in [0.25, 0.3) is 0 Å². The Morgan fingerprint density at radius 3 is 2.94 bits per heavy atom. The lowest BCUT2D eigenvalue weighted by molar-refractivity contribution is 0.416. The number of hydrogen-bond donors (Lipinski definition) is 2. The molecule has 0 saturated carbocycles. The lowest BCUT2D eigenvalue weighted by atomic mass is 10.1. The molecule has 0 spiro atoms. The second-order valence-electron chi connectivity index (χ2n) is 3.98. The SMILES string of the molecule is CNCc1ncc(-c2cc(C)ccc2OC)[nH]1. The van der Waals surface area contributed by atoms with Gasteiger partial charge in [0.1, 0.15) is 11.6 Å². The molecule has 1 aromatic carbocycles. The lowest BCUT2D eigenvalue weighted by Crippen LogP contribution is -2.06. The van der Waals surface area contributed by atoms with Crippen LogP contribution in [-0.2, 0) is 6.54 Å². The van der Waals surface area contributed by atoms with E-state index >= 15 is 0 Å². The van der Waals surface area contributed by atoms with Gasteiger partial charge in [-0.25, -0.2) is 4.98 Å². The number of hydrogen-bond acceptors (Lipinski definition) is 3. The number of nitrogens with one attached hydrogen (secondary N) is 2. The van der Waals surface area contributed by atoms with E-state index in [1.807, 2.05) is 25.4 Å². The molecule has 2 N–H and O–H groups in total. The molecule has 17 heavy (non-hydrogen) atoms. The van der Waals surface area contributed by atoms with Crippen molar-refractivity contribution in [1.82, 2.24) is 15.3 Å². The highest BCUT2D eigenvalue weighted by atomic mass is 16.5. The smallest absolute Gasteiger partial charge is 0.128 e. The van der Waals surface area contributed by atoms with Gasteiger partial charge in [-0.15, -0.1) is 0 Å². The van der Waals surface area contributed by atoms with E-state index in [9.17, 15) is 0 Å². The predicted molar refractivity (Wildman–Crippen MR) is 68.1 cm³/mol. The molecule has 0 radical (unpaired) electrons. The van der Waals surface area contributed by atoms with Crippen molar-refractivity contribution < 1.29 is 4.74 Å². The first-order valence-corrected chi connectivity index (χ1v) is 5.58. The Kier molecular flexibility index (Phi) is 3.44. The number of methoxy groups -OCH3 is 1. The highest BCUT2D eigenvalue weighted by Crippen LogP contribution is 2.29. The zero-order chi connectivity index (χ0) is 12.3. The largest absolute Gasteiger partial charge is 0.496 e. The second-order valence-corrected chi connectivity index (χ2v) is 3.98. The maximum absolute atomic E-state index is 5.36. The van der Waals surface area contributed by atoms with Crippen LogP contribution in [-0.4, -0.2) is 24.1 Å². The first-order chi connectivity index (χ1) is 8.24. The van der Waals surface area contributed by atoms with Gasteiger partial charge >= 0.3 is 0 Å². The van der Waals surface area contributed by atoms with Crippen LogP contribution in [0.15, 0.2) is 24.4 Å². The molecule has 1 aromatic heterocycles. The number of aromatic amines is 1. The number of benzene rings is 1. The molecule has 0 unspecified atom stereocenters. The van der Waals surface area contributed by atoms with Crippen molar-refractivity contribution >= 4 is 0 Å². The number of ether oxygens (including phenoxy) is 1. The van der Waals surface area contributed by atoms with Gasteiger partial charge in [0.05, 0.1) is 25.5 Å². The molecule has 4 heteroatoms. The average molecular weight is 231 g/mol. The van der Waals surface area contributed by atoms with E-state index in [1.54, 1.807) is 7.11 Å². The van der Waals surface area contributed by atoms with Gasteiger partial charge in [-0.3, -0.25) is 0 Å². The average Bonchev–Trinajstić information content (AvgIpc) is 2.78. The Labute approximate surface area is 101 Å². The van der Waals surface area contributed by atoms with E-state index in [0.29, 0.717) is 0 Å². The third-order valence-electron chi connectivity index (χ3n) is 2.62. The van der Waals surface area contributed by atoms with E-state index < -0.39 is 0 Å². The fourth-order valence-electron chi connectivity index (χ4n) is 1.79. The van der Waals surface area contributed by atoms with Crippen molar-refractivity contribution in [3.8, 4) is 17.0 Å². The highest BCUT2D eigenvalue weighted by molar-refractivity contribution is 5.67. The minimum Gasteiger partial charge on any atom is -0.496 e. The number of aromatic nitrogens is 2. The topological polar surface area (TPSA) is 49.9 Å². The maximum atomic E-state index is 5.36. The fraction of sp³-hybridized carbons (Fsp3) is 0.308. The number of rotatable bonds is 4. The highest BCUT2D eigenvalue weighted by Gasteiger charge is 2.08. The summed E-state index contributed by atoms with van der Waals surface area (Å²) in [6, 6.07) is 6.10. The molecule has 90 valence electrons. The lowest BCUT2D eigenvalue weighted by Gasteiger charge is -2.07. The van der Waals surface area contributed by atoms with Crippen molar-refractivity contribution in [3.63, 3.8) is 0 Å². The molecular weight excluding hydrogens is 214 g/mol. The van der Waals surface area contributed by atoms with Gasteiger partial charge in [0.2, 0.25) is 0 Å². The van der Waals surface area contributed by atoms with E-state index in [0.717, 1.165) is 29.4 Å². The summed E-state index contributed by atoms with van der Waals surface area (Å²) >= 11 is 0. The number of nitrogens with zero attached hydrogens (tertiary/aromatic N) is 1. The Balaban J connectivity index is 2.40. The van der Waals surface area contributed by atoms with E-state index in [-0.39, 0.29) is 0 Å². The molecular formula is C13H17N3O. The minimum absolute atomic E-state index is 0.730. The first kappa shape index (κ1) is 11.7. The molecule has 0 atom stereocenters. The Hall–Kier alpha value is -1.81. The van der Waals surface area contributed by atoms with Crippen molar-refractivity contribution in [2.24, 2.45) is 0 Å². The molecule has 2 aromatic rings. The molecule has 0 aliphatic carbocycles. The maximum Gasteiger partial charge on any atom is 0.128 e. The first-order valence-electron chi connectivity index (χ1n) is 5.58. The van der Waals surface area contributed by atoms with Gasteiger partial charge < -0.3 is 15.0 Å². The van der Waals surface area contributed by atoms with Crippen LogP contribution in [0.1, 0.15) is 11.4 Å². The van der Waals surface area contributed by atoms with Crippen LogP contribution in [0.2, 0.25) is 0 Å². The van der Waals surface area contributed by atoms with Gasteiger partial charge in [-0.2, -0.15) is 0 Å². The van der Waals surface area contributed by atoms with Crippen molar-refractivity contribution in [2.45, 2.75) is 13.5 Å². The summed E-state index contributed by atoms with van der Waals surface area (Å²) in [7, 11) is 3.58. The normalized spacial score (nSPS) is 10.5. The summed E-state index contributed by atoms with van der Waals surface area (Å²) in [5.74, 6) is 1.78. The van der Waals surface area contributed by atoms with Crippen LogP contribution in [0.25, 0.3) is 11.3 Å². The van der Waals surface area contributed by atoms with Crippen molar-refractivity contribution in [2.75, 3.05) is 14.2 Å². The molecule has 0 bridgehead atoms. The number of imidazole rings is 1. The fourth-order valence-corrected chi connectivity index (χ4v) is 1.79. The Morgan fingerprint density at radius 2 is 2.24 bits per heavy atom. The minimum atomic E-state index is 0.730. The molecule has 2 rings (SSSR count). The van der Waals surface area contributed by atoms with Crippen LogP contribution in [0, 0.1) is 6.92 Å². The van der Waals surface area contributed by atoms with Crippen LogP contribution in [0.5, 0.6) is 5.75 Å². The van der Waals surface area contributed by atoms with Crippen molar-refractivity contribution in [1.29, 1.82) is 0 Å². The number of aryl methyl sites for hydroxylation is 1. The molecule has 0 aliphatic heterocycles. The van der Waals surface area contributed by atoms with E-state index in [1.165, 1.54) is 5.56 Å². The summed E-state index contributed by atoms with van der Waals surface area (Å²) in [5.41, 5.74) is 3.23. The summed E-state index contributed by atoms with van der Waals surface area (Å²) in [6.45, 7) is 2.79. The third kappa shape index (κ3) is 2.47. The van der Waals surface area contributed by atoms with E-state index in [2.05, 4.69) is 28.3 Å². The molecule has 0 fully saturated rings. The van der Waals surface area contributed by atoms with Gasteiger partial charge in [0.15, 0.2) is 0 Å². The van der Waals surface area contributed by atoms with E-state index in [4.69, 9.17) is 4.74 Å². The zero-order valence-corrected chi connectivity index (χ0v) is 10.4. The monoisotopic (exact) mass is 231 g/mol. The van der Waals surface area contributed by atoms with Gasteiger partial charge in [0, 0.05) is 5.56 Å². The molecule has 0 amide bonds. The molecule has 1 heterocycles. The third-order valence-corrected chi connectivity index (χ3v) is 2.62. The summed E-state index contributed by atoms with van der Waals surface area (Å²) in [5, 5.41) is 3.06.